The van der Waals surface area contributed by atoms with Crippen molar-refractivity contribution in [3.05, 3.63) is 35.0 Å². The molecular weight excluding hydrogens is 663 g/mol. The molecule has 0 radical (unpaired) electrons. The first-order valence-corrected chi connectivity index (χ1v) is 10.4. The van der Waals surface area contributed by atoms with E-state index in [1.165, 1.54) is 4.90 Å². The van der Waals surface area contributed by atoms with Gasteiger partial charge in [-0.15, -0.1) is 6.58 Å². The van der Waals surface area contributed by atoms with Gasteiger partial charge in [-0.2, -0.15) is 0 Å². The van der Waals surface area contributed by atoms with E-state index in [1.54, 1.807) is 12.4 Å². The van der Waals surface area contributed by atoms with Gasteiger partial charge in [-0.3, -0.25) is 9.59 Å². The van der Waals surface area contributed by atoms with Crippen LogP contribution in [0.2, 0.25) is 0 Å². The minimum Gasteiger partial charge on any atom is -0.481 e. The number of hydrogen-bond donors (Lipinski definition) is 1. The zero-order chi connectivity index (χ0) is 19.1. The molecule has 25 heavy (non-hydrogen) atoms. The Morgan fingerprint density at radius 3 is 2.44 bits per heavy atom. The van der Waals surface area contributed by atoms with Crippen molar-refractivity contribution >= 4 is 91.7 Å². The summed E-state index contributed by atoms with van der Waals surface area (Å²) < 4.78 is 2.51. The highest BCUT2D eigenvalue weighted by molar-refractivity contribution is 14.1. The summed E-state index contributed by atoms with van der Waals surface area (Å²) in [5.41, 5.74) is 1.27. The third kappa shape index (κ3) is 6.66. The first-order valence-electron chi connectivity index (χ1n) is 7.19. The van der Waals surface area contributed by atoms with Gasteiger partial charge in [0.05, 0.1) is 27.6 Å². The van der Waals surface area contributed by atoms with E-state index in [4.69, 9.17) is 5.11 Å². The minimum atomic E-state index is -0.940. The van der Waals surface area contributed by atoms with Crippen molar-refractivity contribution < 1.29 is 14.7 Å². The van der Waals surface area contributed by atoms with Crippen LogP contribution in [0.3, 0.4) is 0 Å². The largest absolute Gasteiger partial charge is 0.481 e. The smallest absolute Gasteiger partial charge is 0.305 e. The van der Waals surface area contributed by atoms with Gasteiger partial charge in [0.2, 0.25) is 0 Å². The Morgan fingerprint density at radius 2 is 1.92 bits per heavy atom. The summed E-state index contributed by atoms with van der Waals surface area (Å²) in [6.45, 7) is 4.08. The summed E-state index contributed by atoms with van der Waals surface area (Å²) in [5.74, 6) is -1.15. The molecule has 0 aliphatic heterocycles. The Labute approximate surface area is 188 Å². The predicted octanol–water partition coefficient (Wildman–Crippen LogP) is 3.82. The molecule has 1 aromatic rings. The number of carbonyl (C=O) groups is 2. The standard InChI is InChI=1S/C16H18I3N3O3/c1-4-6-22(7-5-12(23)24)16(25)13-10(17)8-11(18)15(14(13)19)20-9-21(2)3/h4,8-9H,1,5-7H2,2-3H3,(H,23,24). The Morgan fingerprint density at radius 1 is 1.28 bits per heavy atom. The van der Waals surface area contributed by atoms with Crippen molar-refractivity contribution in [1.29, 1.82) is 0 Å². The van der Waals surface area contributed by atoms with E-state index in [2.05, 4.69) is 79.3 Å². The Hall–Kier alpha value is -0.440. The lowest BCUT2D eigenvalue weighted by Crippen LogP contribution is -2.34. The maximum Gasteiger partial charge on any atom is 0.305 e. The van der Waals surface area contributed by atoms with Crippen molar-refractivity contribution in [1.82, 2.24) is 9.80 Å². The number of aliphatic carboxylic acids is 1. The minimum absolute atomic E-state index is 0.108. The lowest BCUT2D eigenvalue weighted by Gasteiger charge is -2.22. The Kier molecular flexibility index (Phi) is 9.62. The summed E-state index contributed by atoms with van der Waals surface area (Å²) in [6, 6.07) is 1.90. The number of carboxylic acid groups (broad SMARTS) is 1. The molecule has 6 nitrogen and oxygen atoms in total. The molecule has 136 valence electrons. The van der Waals surface area contributed by atoms with Gasteiger partial charge in [-0.25, -0.2) is 4.99 Å². The number of halogens is 3. The van der Waals surface area contributed by atoms with Crippen LogP contribution < -0.4 is 0 Å². The molecule has 1 N–H and O–H groups in total. The topological polar surface area (TPSA) is 73.2 Å². The SMILES string of the molecule is C=CCN(CCC(=O)O)C(=O)c1c(I)cc(I)c(N=CN(C)C)c1I. The molecule has 0 unspecified atom stereocenters. The van der Waals surface area contributed by atoms with E-state index in [-0.39, 0.29) is 18.9 Å². The molecule has 0 aliphatic carbocycles. The average Bonchev–Trinajstić information content (AvgIpc) is 2.50. The number of carbonyl (C=O) groups excluding carboxylic acids is 1. The van der Waals surface area contributed by atoms with Gasteiger partial charge in [0.25, 0.3) is 5.91 Å². The molecule has 1 amide bonds. The Balaban J connectivity index is 3.33. The summed E-state index contributed by atoms with van der Waals surface area (Å²) in [6.07, 6.45) is 3.17. The second-order valence-corrected chi connectivity index (χ2v) is 8.67. The summed E-state index contributed by atoms with van der Waals surface area (Å²) in [5, 5.41) is 8.90. The van der Waals surface area contributed by atoms with Crippen molar-refractivity contribution in [3.63, 3.8) is 0 Å². The second-order valence-electron chi connectivity index (χ2n) is 5.27. The van der Waals surface area contributed by atoms with Crippen LogP contribution in [0.1, 0.15) is 16.8 Å². The van der Waals surface area contributed by atoms with Crippen LogP contribution in [-0.4, -0.2) is 60.3 Å². The number of amides is 1. The van der Waals surface area contributed by atoms with Crippen LogP contribution >= 0.6 is 67.8 Å². The monoisotopic (exact) mass is 681 g/mol. The fourth-order valence-electron chi connectivity index (χ4n) is 1.89. The molecule has 0 saturated heterocycles. The summed E-state index contributed by atoms with van der Waals surface area (Å²) in [4.78, 5) is 31.6. The Bertz CT molecular complexity index is 706. The van der Waals surface area contributed by atoms with Gasteiger partial charge in [-0.05, 0) is 73.8 Å². The van der Waals surface area contributed by atoms with Crippen LogP contribution in [0.4, 0.5) is 5.69 Å². The lowest BCUT2D eigenvalue weighted by molar-refractivity contribution is -0.137. The fraction of sp³-hybridized carbons (Fsp3) is 0.312. The highest BCUT2D eigenvalue weighted by Gasteiger charge is 2.24. The number of benzene rings is 1. The maximum atomic E-state index is 13.0. The highest BCUT2D eigenvalue weighted by Crippen LogP contribution is 2.34. The number of hydrogen-bond acceptors (Lipinski definition) is 3. The van der Waals surface area contributed by atoms with Gasteiger partial charge < -0.3 is 14.9 Å². The van der Waals surface area contributed by atoms with Crippen LogP contribution in [0.5, 0.6) is 0 Å². The molecule has 0 fully saturated rings. The van der Waals surface area contributed by atoms with E-state index in [9.17, 15) is 9.59 Å². The number of aliphatic imine (C=N–C) groups is 1. The van der Waals surface area contributed by atoms with Crippen LogP contribution in [0.15, 0.2) is 23.7 Å². The third-order valence-corrected chi connectivity index (χ3v) is 5.73. The zero-order valence-corrected chi connectivity index (χ0v) is 20.3. The molecule has 9 heteroatoms. The fourth-order valence-corrected chi connectivity index (χ4v) is 6.00. The summed E-state index contributed by atoms with van der Waals surface area (Å²) in [7, 11) is 3.75. The number of carboxylic acids is 1. The van der Waals surface area contributed by atoms with Gasteiger partial charge in [0.15, 0.2) is 0 Å². The molecule has 0 aliphatic rings. The molecule has 1 rings (SSSR count). The van der Waals surface area contributed by atoms with Gasteiger partial charge >= 0.3 is 5.97 Å². The molecule has 0 heterocycles. The normalized spacial score (nSPS) is 10.8. The number of rotatable bonds is 8. The molecule has 0 saturated carbocycles. The highest BCUT2D eigenvalue weighted by atomic mass is 127. The van der Waals surface area contributed by atoms with E-state index in [0.29, 0.717) is 12.1 Å². The van der Waals surface area contributed by atoms with Gasteiger partial charge in [-0.1, -0.05) is 6.08 Å². The molecule has 0 spiro atoms. The molecule has 0 bridgehead atoms. The lowest BCUT2D eigenvalue weighted by atomic mass is 10.1. The molecule has 0 atom stereocenters. The number of nitrogens with zero attached hydrogens (tertiary/aromatic N) is 3. The van der Waals surface area contributed by atoms with Crippen molar-refractivity contribution in [2.75, 3.05) is 27.2 Å². The van der Waals surface area contributed by atoms with E-state index in [0.717, 1.165) is 16.4 Å². The van der Waals surface area contributed by atoms with Crippen LogP contribution in [0.25, 0.3) is 0 Å². The third-order valence-electron chi connectivity index (χ3n) is 3.01. The van der Waals surface area contributed by atoms with Crippen LogP contribution in [0, 0.1) is 10.7 Å². The molecular formula is C16H18I3N3O3. The summed E-state index contributed by atoms with van der Waals surface area (Å²) >= 11 is 6.45. The quantitative estimate of drug-likeness (QED) is 0.196. The predicted molar refractivity (Wildman–Crippen MR) is 125 cm³/mol. The van der Waals surface area contributed by atoms with E-state index >= 15 is 0 Å². The van der Waals surface area contributed by atoms with Crippen LogP contribution in [-0.2, 0) is 4.79 Å². The molecule has 0 aromatic heterocycles. The maximum absolute atomic E-state index is 13.0. The zero-order valence-electron chi connectivity index (χ0n) is 13.8. The van der Waals surface area contributed by atoms with E-state index < -0.39 is 5.97 Å². The first-order chi connectivity index (χ1) is 11.7. The first kappa shape index (κ1) is 22.6. The average molecular weight is 681 g/mol. The molecule has 1 aromatic carbocycles. The van der Waals surface area contributed by atoms with Crippen molar-refractivity contribution in [3.8, 4) is 0 Å². The second kappa shape index (κ2) is 10.6. The van der Waals surface area contributed by atoms with Crippen molar-refractivity contribution in [2.24, 2.45) is 4.99 Å². The van der Waals surface area contributed by atoms with E-state index in [1.807, 2.05) is 25.1 Å². The van der Waals surface area contributed by atoms with Crippen molar-refractivity contribution in [2.45, 2.75) is 6.42 Å². The van der Waals surface area contributed by atoms with Gasteiger partial charge in [0, 0.05) is 34.3 Å². The van der Waals surface area contributed by atoms with Gasteiger partial charge in [0.1, 0.15) is 0 Å².